The Balaban J connectivity index is 2.15. The summed E-state index contributed by atoms with van der Waals surface area (Å²) in [6.45, 7) is 3.38. The van der Waals surface area contributed by atoms with E-state index in [1.807, 2.05) is 0 Å². The average molecular weight is 328 g/mol. The van der Waals surface area contributed by atoms with Gasteiger partial charge in [-0.15, -0.1) is 0 Å². The number of nitrogens with one attached hydrogen (secondary N) is 1. The van der Waals surface area contributed by atoms with Gasteiger partial charge < -0.3 is 4.74 Å². The molecule has 6 heteroatoms. The molecule has 1 saturated heterocycles. The lowest BCUT2D eigenvalue weighted by molar-refractivity contribution is 0.127. The monoisotopic (exact) mass is 327 g/mol. The number of hydrogen-bond acceptors (Lipinski definition) is 3. The first kappa shape index (κ1) is 15.4. The number of alkyl halides is 1. The normalized spacial score (nSPS) is 22.8. The van der Waals surface area contributed by atoms with E-state index in [2.05, 4.69) is 27.6 Å². The Hall–Kier alpha value is 0.350. The van der Waals surface area contributed by atoms with E-state index in [1.165, 1.54) is 0 Å². The average Bonchev–Trinajstić information content (AvgIpc) is 2.76. The smallest absolute Gasteiger partial charge is 0.214 e. The Morgan fingerprint density at radius 3 is 2.88 bits per heavy atom. The predicted molar refractivity (Wildman–Crippen MR) is 73.0 cm³/mol. The van der Waals surface area contributed by atoms with Crippen molar-refractivity contribution in [3.8, 4) is 0 Å². The van der Waals surface area contributed by atoms with E-state index in [-0.39, 0.29) is 11.9 Å². The molecular weight excluding hydrogens is 306 g/mol. The molecule has 2 unspecified atom stereocenters. The third-order valence-electron chi connectivity index (χ3n) is 2.89. The van der Waals surface area contributed by atoms with Gasteiger partial charge in [-0.1, -0.05) is 22.9 Å². The van der Waals surface area contributed by atoms with E-state index in [1.54, 1.807) is 0 Å². The van der Waals surface area contributed by atoms with Gasteiger partial charge in [-0.25, -0.2) is 13.1 Å². The van der Waals surface area contributed by atoms with E-state index in [0.717, 1.165) is 31.0 Å². The molecule has 1 rings (SSSR count). The molecule has 4 nitrogen and oxygen atoms in total. The molecule has 0 aromatic carbocycles. The lowest BCUT2D eigenvalue weighted by Gasteiger charge is -2.12. The molecule has 1 N–H and O–H groups in total. The fourth-order valence-corrected chi connectivity index (χ4v) is 3.48. The highest BCUT2D eigenvalue weighted by Gasteiger charge is 2.22. The van der Waals surface area contributed by atoms with Crippen molar-refractivity contribution in [2.75, 3.05) is 24.2 Å². The quantitative estimate of drug-likeness (QED) is 0.547. The highest BCUT2D eigenvalue weighted by Crippen LogP contribution is 2.13. The maximum Gasteiger partial charge on any atom is 0.214 e. The van der Waals surface area contributed by atoms with E-state index >= 15 is 0 Å². The second-order valence-electron chi connectivity index (χ2n) is 4.71. The van der Waals surface area contributed by atoms with Gasteiger partial charge in [0.1, 0.15) is 0 Å². The third kappa shape index (κ3) is 6.74. The van der Waals surface area contributed by atoms with Gasteiger partial charge in [0.15, 0.2) is 0 Å². The maximum atomic E-state index is 11.7. The molecule has 1 heterocycles. The third-order valence-corrected chi connectivity index (χ3v) is 5.45. The fraction of sp³-hybridized carbons (Fsp3) is 1.00. The topological polar surface area (TPSA) is 55.4 Å². The molecule has 0 radical (unpaired) electrons. The second-order valence-corrected chi connectivity index (χ2v) is 7.21. The first-order chi connectivity index (χ1) is 8.03. The number of ether oxygens (including phenoxy) is 1. The van der Waals surface area contributed by atoms with E-state index in [9.17, 15) is 8.42 Å². The number of sulfonamides is 1. The Morgan fingerprint density at radius 1 is 1.53 bits per heavy atom. The fourth-order valence-electron chi connectivity index (χ4n) is 1.83. The van der Waals surface area contributed by atoms with Crippen LogP contribution in [-0.4, -0.2) is 38.8 Å². The van der Waals surface area contributed by atoms with E-state index < -0.39 is 10.0 Å². The summed E-state index contributed by atoms with van der Waals surface area (Å²) in [7, 11) is -3.16. The molecular formula is C11H22BrNO3S. The van der Waals surface area contributed by atoms with Crippen LogP contribution in [0.25, 0.3) is 0 Å². The first-order valence-corrected chi connectivity index (χ1v) is 8.96. The van der Waals surface area contributed by atoms with Crippen molar-refractivity contribution >= 4 is 26.0 Å². The summed E-state index contributed by atoms with van der Waals surface area (Å²) in [6.07, 6.45) is 3.66. The molecule has 102 valence electrons. The molecule has 0 aromatic heterocycles. The Labute approximate surface area is 113 Å². The van der Waals surface area contributed by atoms with E-state index in [0.29, 0.717) is 19.1 Å². The molecule has 0 spiro atoms. The van der Waals surface area contributed by atoms with Crippen molar-refractivity contribution in [3.63, 3.8) is 0 Å². The number of rotatable bonds is 8. The standard InChI is InChI=1S/C11H22BrNO3S/c1-10(8-12)4-2-6-13-17(14,15)9-11-5-3-7-16-11/h10-11,13H,2-9H2,1H3. The first-order valence-electron chi connectivity index (χ1n) is 6.18. The van der Waals surface area contributed by atoms with Crippen LogP contribution in [-0.2, 0) is 14.8 Å². The highest BCUT2D eigenvalue weighted by molar-refractivity contribution is 9.09. The van der Waals surface area contributed by atoms with Gasteiger partial charge in [-0.05, 0) is 31.6 Å². The van der Waals surface area contributed by atoms with Crippen LogP contribution >= 0.6 is 15.9 Å². The van der Waals surface area contributed by atoms with Crippen molar-refractivity contribution in [2.45, 2.75) is 38.7 Å². The molecule has 1 aliphatic heterocycles. The van der Waals surface area contributed by atoms with Crippen LogP contribution in [0, 0.1) is 5.92 Å². The molecule has 17 heavy (non-hydrogen) atoms. The highest BCUT2D eigenvalue weighted by atomic mass is 79.9. The van der Waals surface area contributed by atoms with Crippen LogP contribution in [0.4, 0.5) is 0 Å². The summed E-state index contributed by atoms with van der Waals surface area (Å²) in [5.74, 6) is 0.707. The second kappa shape index (κ2) is 7.71. The summed E-state index contributed by atoms with van der Waals surface area (Å²) in [5.41, 5.74) is 0. The summed E-state index contributed by atoms with van der Waals surface area (Å²) in [5, 5.41) is 0.968. The minimum absolute atomic E-state index is 0.103. The Bertz CT molecular complexity index is 302. The van der Waals surface area contributed by atoms with Crippen molar-refractivity contribution in [2.24, 2.45) is 5.92 Å². The van der Waals surface area contributed by atoms with Crippen LogP contribution in [0.5, 0.6) is 0 Å². The summed E-state index contributed by atoms with van der Waals surface area (Å²) >= 11 is 3.41. The van der Waals surface area contributed by atoms with E-state index in [4.69, 9.17) is 4.74 Å². The summed E-state index contributed by atoms with van der Waals surface area (Å²) in [6, 6.07) is 0. The lowest BCUT2D eigenvalue weighted by Crippen LogP contribution is -2.32. The number of hydrogen-bond donors (Lipinski definition) is 1. The van der Waals surface area contributed by atoms with Gasteiger partial charge >= 0.3 is 0 Å². The predicted octanol–water partition coefficient (Wildman–Crippen LogP) is 1.90. The zero-order valence-corrected chi connectivity index (χ0v) is 12.7. The Kier molecular flexibility index (Phi) is 6.99. The van der Waals surface area contributed by atoms with Gasteiger partial charge in [0, 0.05) is 18.5 Å². The van der Waals surface area contributed by atoms with Crippen molar-refractivity contribution < 1.29 is 13.2 Å². The van der Waals surface area contributed by atoms with Crippen LogP contribution < -0.4 is 4.72 Å². The molecule has 0 amide bonds. The minimum atomic E-state index is -3.16. The van der Waals surface area contributed by atoms with Gasteiger partial charge in [0.05, 0.1) is 11.9 Å². The van der Waals surface area contributed by atoms with Crippen molar-refractivity contribution in [1.29, 1.82) is 0 Å². The molecule has 0 aromatic rings. The molecule has 1 aliphatic rings. The van der Waals surface area contributed by atoms with Crippen molar-refractivity contribution in [3.05, 3.63) is 0 Å². The van der Waals surface area contributed by atoms with Crippen LogP contribution in [0.1, 0.15) is 32.6 Å². The molecule has 2 atom stereocenters. The molecule has 0 bridgehead atoms. The van der Waals surface area contributed by atoms with Crippen molar-refractivity contribution in [1.82, 2.24) is 4.72 Å². The van der Waals surface area contributed by atoms with Crippen LogP contribution in [0.15, 0.2) is 0 Å². The maximum absolute atomic E-state index is 11.7. The SMILES string of the molecule is CC(CBr)CCCNS(=O)(=O)CC1CCCO1. The van der Waals surface area contributed by atoms with Gasteiger partial charge in [-0.3, -0.25) is 0 Å². The van der Waals surface area contributed by atoms with Gasteiger partial charge in [0.2, 0.25) is 10.0 Å². The zero-order valence-electron chi connectivity index (χ0n) is 10.3. The number of halogens is 1. The van der Waals surface area contributed by atoms with Gasteiger partial charge in [0.25, 0.3) is 0 Å². The van der Waals surface area contributed by atoms with Gasteiger partial charge in [-0.2, -0.15) is 0 Å². The van der Waals surface area contributed by atoms with Crippen LogP contribution in [0.2, 0.25) is 0 Å². The lowest BCUT2D eigenvalue weighted by atomic mass is 10.1. The largest absolute Gasteiger partial charge is 0.377 e. The molecule has 0 aliphatic carbocycles. The minimum Gasteiger partial charge on any atom is -0.377 e. The Morgan fingerprint density at radius 2 is 2.29 bits per heavy atom. The van der Waals surface area contributed by atoms with Crippen LogP contribution in [0.3, 0.4) is 0 Å². The zero-order chi connectivity index (χ0) is 12.7. The molecule has 0 saturated carbocycles. The summed E-state index contributed by atoms with van der Waals surface area (Å²) in [4.78, 5) is 0. The molecule has 1 fully saturated rings. The summed E-state index contributed by atoms with van der Waals surface area (Å²) < 4.78 is 31.4.